The van der Waals surface area contributed by atoms with Crippen LogP contribution in [0.4, 0.5) is 0 Å². The lowest BCUT2D eigenvalue weighted by Crippen LogP contribution is -2.24. The van der Waals surface area contributed by atoms with Gasteiger partial charge in [-0.25, -0.2) is 0 Å². The molecule has 2 aromatic carbocycles. The molecule has 3 nitrogen and oxygen atoms in total. The van der Waals surface area contributed by atoms with Crippen molar-refractivity contribution >= 4 is 44.2 Å². The average Bonchev–Trinajstić information content (AvgIpc) is 3.08. The molecule has 3 aromatic rings. The van der Waals surface area contributed by atoms with Crippen LogP contribution in [0.5, 0.6) is 0 Å². The van der Waals surface area contributed by atoms with E-state index in [0.29, 0.717) is 5.56 Å². The predicted octanol–water partition coefficient (Wildman–Crippen LogP) is 4.92. The minimum absolute atomic E-state index is 0.231. The maximum Gasteiger partial charge on any atom is 0.265 e. The van der Waals surface area contributed by atoms with Crippen molar-refractivity contribution < 1.29 is 4.79 Å². The zero-order valence-electron chi connectivity index (χ0n) is 11.4. The average molecular weight is 371 g/mol. The zero-order chi connectivity index (χ0) is 15.5. The van der Waals surface area contributed by atoms with Crippen LogP contribution in [-0.4, -0.2) is 9.83 Å². The minimum Gasteiger partial charge on any atom is -0.268 e. The van der Waals surface area contributed by atoms with E-state index >= 15 is 0 Å². The molecule has 0 radical (unpaired) electrons. The maximum atomic E-state index is 12.6. The Hall–Kier alpha value is -2.16. The molecule has 0 fully saturated rings. The van der Waals surface area contributed by atoms with E-state index in [4.69, 9.17) is 0 Å². The van der Waals surface area contributed by atoms with Gasteiger partial charge in [-0.2, -0.15) is 5.26 Å². The van der Waals surface area contributed by atoms with Gasteiger partial charge in [-0.3, -0.25) is 8.72 Å². The number of thiophene rings is 1. The third kappa shape index (κ3) is 2.76. The molecule has 1 atom stereocenters. The zero-order valence-corrected chi connectivity index (χ0v) is 13.8. The molecule has 0 aliphatic carbocycles. The summed E-state index contributed by atoms with van der Waals surface area (Å²) >= 11 is 4.71. The van der Waals surface area contributed by atoms with Crippen LogP contribution in [0.1, 0.15) is 21.3 Å². The number of amides is 1. The molecule has 1 heterocycles. The lowest BCUT2D eigenvalue weighted by atomic mass is 10.1. The Morgan fingerprint density at radius 3 is 2.59 bits per heavy atom. The van der Waals surface area contributed by atoms with Gasteiger partial charge < -0.3 is 0 Å². The Labute approximate surface area is 140 Å². The molecular weight excluding hydrogens is 360 g/mol. The number of fused-ring (bicyclic) bond motifs is 1. The summed E-state index contributed by atoms with van der Waals surface area (Å²) in [5, 5.41) is 13.3. The van der Waals surface area contributed by atoms with E-state index in [1.165, 1.54) is 15.3 Å². The predicted molar refractivity (Wildman–Crippen MR) is 91.7 cm³/mol. The third-order valence-electron chi connectivity index (χ3n) is 3.35. The van der Waals surface area contributed by atoms with Gasteiger partial charge >= 0.3 is 0 Å². The van der Waals surface area contributed by atoms with Gasteiger partial charge in [-0.05, 0) is 34.4 Å². The molecule has 3 rings (SSSR count). The molecule has 108 valence electrons. The first-order valence-corrected chi connectivity index (χ1v) is 8.21. The van der Waals surface area contributed by atoms with Crippen LogP contribution in [0.3, 0.4) is 0 Å². The fourth-order valence-electron chi connectivity index (χ4n) is 2.24. The fraction of sp³-hybridized carbons (Fsp3) is 0.0588. The summed E-state index contributed by atoms with van der Waals surface area (Å²) in [5.74, 6) is -0.231. The van der Waals surface area contributed by atoms with Crippen molar-refractivity contribution in [2.24, 2.45) is 0 Å². The van der Waals surface area contributed by atoms with Crippen LogP contribution in [0, 0.1) is 11.3 Å². The van der Waals surface area contributed by atoms with Crippen molar-refractivity contribution in [1.29, 1.82) is 5.26 Å². The number of benzene rings is 2. The largest absolute Gasteiger partial charge is 0.268 e. The van der Waals surface area contributed by atoms with Crippen LogP contribution in [0.25, 0.3) is 10.8 Å². The lowest BCUT2D eigenvalue weighted by molar-refractivity contribution is 0.0862. The van der Waals surface area contributed by atoms with Crippen LogP contribution >= 0.6 is 27.5 Å². The molecule has 1 aromatic heterocycles. The molecule has 5 heteroatoms. The van der Waals surface area contributed by atoms with Gasteiger partial charge in [0.15, 0.2) is 6.04 Å². The van der Waals surface area contributed by atoms with Gasteiger partial charge in [0.2, 0.25) is 0 Å². The molecule has 1 amide bonds. The Morgan fingerprint density at radius 1 is 1.14 bits per heavy atom. The van der Waals surface area contributed by atoms with Crippen molar-refractivity contribution in [3.05, 3.63) is 70.4 Å². The van der Waals surface area contributed by atoms with Gasteiger partial charge in [-0.15, -0.1) is 11.3 Å². The second kappa shape index (κ2) is 6.30. The van der Waals surface area contributed by atoms with Gasteiger partial charge in [0.25, 0.3) is 5.91 Å². The van der Waals surface area contributed by atoms with Crippen molar-refractivity contribution in [3.8, 4) is 6.07 Å². The molecular formula is C17H11BrN2OS. The second-order valence-corrected chi connectivity index (χ2v) is 6.47. The summed E-state index contributed by atoms with van der Waals surface area (Å²) in [6.45, 7) is 0. The normalized spacial score (nSPS) is 11.8. The SMILES string of the molecule is N#CC(c1cccs1)N(Br)C(=O)c1ccc2ccccc2c1. The quantitative estimate of drug-likeness (QED) is 0.614. The monoisotopic (exact) mass is 370 g/mol. The maximum absolute atomic E-state index is 12.6. The molecule has 0 saturated carbocycles. The lowest BCUT2D eigenvalue weighted by Gasteiger charge is -2.19. The van der Waals surface area contributed by atoms with Crippen molar-refractivity contribution in [2.75, 3.05) is 0 Å². The first-order valence-electron chi connectivity index (χ1n) is 6.62. The molecule has 0 N–H and O–H groups in total. The molecule has 0 aliphatic rings. The number of rotatable bonds is 3. The van der Waals surface area contributed by atoms with E-state index < -0.39 is 6.04 Å². The van der Waals surface area contributed by atoms with Crippen LogP contribution < -0.4 is 0 Å². The second-order valence-electron chi connectivity index (χ2n) is 4.73. The summed E-state index contributed by atoms with van der Waals surface area (Å²) in [7, 11) is 0. The first kappa shape index (κ1) is 14.8. The van der Waals surface area contributed by atoms with Gasteiger partial charge in [-0.1, -0.05) is 36.4 Å². The smallest absolute Gasteiger partial charge is 0.265 e. The highest BCUT2D eigenvalue weighted by molar-refractivity contribution is 9.07. The third-order valence-corrected chi connectivity index (χ3v) is 5.01. The van der Waals surface area contributed by atoms with Crippen LogP contribution in [0.15, 0.2) is 60.0 Å². The Morgan fingerprint density at radius 2 is 1.91 bits per heavy atom. The summed E-state index contributed by atoms with van der Waals surface area (Å²) < 4.78 is 1.31. The van der Waals surface area contributed by atoms with E-state index in [-0.39, 0.29) is 5.91 Å². The van der Waals surface area contributed by atoms with Crippen molar-refractivity contribution in [1.82, 2.24) is 3.93 Å². The van der Waals surface area contributed by atoms with Crippen molar-refractivity contribution in [3.63, 3.8) is 0 Å². The summed E-state index contributed by atoms with van der Waals surface area (Å²) in [6.07, 6.45) is 0. The van der Waals surface area contributed by atoms with E-state index in [9.17, 15) is 10.1 Å². The molecule has 22 heavy (non-hydrogen) atoms. The Bertz CT molecular complexity index is 854. The number of hydrogen-bond acceptors (Lipinski definition) is 3. The summed E-state index contributed by atoms with van der Waals surface area (Å²) in [6, 6.07) is 18.6. The van der Waals surface area contributed by atoms with Crippen LogP contribution in [0.2, 0.25) is 0 Å². The molecule has 0 saturated heterocycles. The standard InChI is InChI=1S/C17H11BrN2OS/c18-20(15(11-19)16-6-3-9-22-16)17(21)14-8-7-12-4-1-2-5-13(12)10-14/h1-10,15H. The molecule has 0 aliphatic heterocycles. The fourth-order valence-corrected chi connectivity index (χ4v) is 3.65. The molecule has 1 unspecified atom stereocenters. The highest BCUT2D eigenvalue weighted by atomic mass is 79.9. The number of nitrogens with zero attached hydrogens (tertiary/aromatic N) is 2. The number of carbonyl (C=O) groups excluding carboxylic acids is 1. The van der Waals surface area contributed by atoms with Gasteiger partial charge in [0, 0.05) is 10.4 Å². The van der Waals surface area contributed by atoms with E-state index in [1.54, 1.807) is 6.07 Å². The van der Waals surface area contributed by atoms with Gasteiger partial charge in [0.05, 0.1) is 22.2 Å². The number of carbonyl (C=O) groups is 1. The van der Waals surface area contributed by atoms with E-state index in [2.05, 4.69) is 22.2 Å². The van der Waals surface area contributed by atoms with Crippen molar-refractivity contribution in [2.45, 2.75) is 6.04 Å². The Kier molecular flexibility index (Phi) is 4.23. The van der Waals surface area contributed by atoms with Gasteiger partial charge in [0.1, 0.15) is 0 Å². The summed E-state index contributed by atoms with van der Waals surface area (Å²) in [4.78, 5) is 13.4. The molecule has 0 bridgehead atoms. The topological polar surface area (TPSA) is 44.1 Å². The minimum atomic E-state index is -0.640. The first-order chi connectivity index (χ1) is 10.7. The summed E-state index contributed by atoms with van der Waals surface area (Å²) in [5.41, 5.74) is 0.549. The number of nitriles is 1. The van der Waals surface area contributed by atoms with E-state index in [0.717, 1.165) is 15.6 Å². The number of halogens is 1. The highest BCUT2D eigenvalue weighted by Gasteiger charge is 2.25. The van der Waals surface area contributed by atoms with E-state index in [1.807, 2.05) is 53.9 Å². The highest BCUT2D eigenvalue weighted by Crippen LogP contribution is 2.29. The number of hydrogen-bond donors (Lipinski definition) is 0. The van der Waals surface area contributed by atoms with Crippen LogP contribution in [-0.2, 0) is 0 Å². The molecule has 0 spiro atoms. The Balaban J connectivity index is 1.93.